The lowest BCUT2D eigenvalue weighted by Gasteiger charge is -2.29. The Morgan fingerprint density at radius 2 is 2.04 bits per heavy atom. The van der Waals surface area contributed by atoms with E-state index in [0.29, 0.717) is 6.54 Å². The van der Waals surface area contributed by atoms with Gasteiger partial charge in [0.1, 0.15) is 5.82 Å². The van der Waals surface area contributed by atoms with E-state index in [-0.39, 0.29) is 18.0 Å². The summed E-state index contributed by atoms with van der Waals surface area (Å²) in [5, 5.41) is 6.97. The third kappa shape index (κ3) is 4.67. The minimum absolute atomic E-state index is 0.127. The number of rotatable bonds is 4. The fraction of sp³-hybridized carbons (Fsp3) is 0.529. The lowest BCUT2D eigenvalue weighted by molar-refractivity contribution is 0.111. The highest BCUT2D eigenvalue weighted by Gasteiger charge is 2.17. The molecule has 0 aliphatic carbocycles. The molecule has 0 saturated carbocycles. The van der Waals surface area contributed by atoms with Crippen LogP contribution in [0.3, 0.4) is 0 Å². The number of amides is 2. The van der Waals surface area contributed by atoms with E-state index in [1.54, 1.807) is 12.1 Å². The average molecular weight is 334 g/mol. The van der Waals surface area contributed by atoms with Crippen LogP contribution in [0.1, 0.15) is 25.7 Å². The fourth-order valence-electron chi connectivity index (χ4n) is 2.97. The van der Waals surface area contributed by atoms with Gasteiger partial charge in [-0.2, -0.15) is 5.10 Å². The van der Waals surface area contributed by atoms with Crippen LogP contribution < -0.4 is 15.6 Å². The molecule has 2 aliphatic heterocycles. The van der Waals surface area contributed by atoms with E-state index >= 15 is 0 Å². The SMILES string of the molecule is O=C(NC[C@@H]1CCCO1)NN=C1CCN(c2ccc(F)cc2)CC1. The van der Waals surface area contributed by atoms with Crippen LogP contribution in [-0.4, -0.2) is 44.1 Å². The fourth-order valence-corrected chi connectivity index (χ4v) is 2.97. The monoisotopic (exact) mass is 334 g/mol. The Hall–Kier alpha value is -2.15. The van der Waals surface area contributed by atoms with Crippen LogP contribution >= 0.6 is 0 Å². The Labute approximate surface area is 141 Å². The number of ether oxygens (including phenoxy) is 1. The summed E-state index contributed by atoms with van der Waals surface area (Å²) < 4.78 is 18.4. The first kappa shape index (κ1) is 16.7. The molecular formula is C17H23FN4O2. The Bertz CT molecular complexity index is 575. The molecule has 7 heteroatoms. The van der Waals surface area contributed by atoms with Crippen LogP contribution in [-0.2, 0) is 4.74 Å². The van der Waals surface area contributed by atoms with Gasteiger partial charge in [-0.05, 0) is 37.1 Å². The van der Waals surface area contributed by atoms with Crippen LogP contribution in [0.4, 0.5) is 14.9 Å². The van der Waals surface area contributed by atoms with Gasteiger partial charge in [-0.3, -0.25) is 0 Å². The van der Waals surface area contributed by atoms with Gasteiger partial charge in [0.25, 0.3) is 0 Å². The molecule has 0 unspecified atom stereocenters. The van der Waals surface area contributed by atoms with Gasteiger partial charge in [-0.1, -0.05) is 0 Å². The van der Waals surface area contributed by atoms with Gasteiger partial charge in [0.05, 0.1) is 6.10 Å². The van der Waals surface area contributed by atoms with E-state index in [1.807, 2.05) is 0 Å². The van der Waals surface area contributed by atoms with Crippen molar-refractivity contribution in [1.29, 1.82) is 0 Å². The normalized spacial score (nSPS) is 20.8. The summed E-state index contributed by atoms with van der Waals surface area (Å²) in [6, 6.07) is 6.22. The lowest BCUT2D eigenvalue weighted by Crippen LogP contribution is -2.39. The summed E-state index contributed by atoms with van der Waals surface area (Å²) >= 11 is 0. The van der Waals surface area contributed by atoms with Crippen molar-refractivity contribution in [1.82, 2.24) is 10.7 Å². The van der Waals surface area contributed by atoms with Crippen LogP contribution in [0, 0.1) is 5.82 Å². The number of urea groups is 1. The Morgan fingerprint density at radius 1 is 1.29 bits per heavy atom. The van der Waals surface area contributed by atoms with Gasteiger partial charge < -0.3 is 15.0 Å². The van der Waals surface area contributed by atoms with Crippen LogP contribution in [0.25, 0.3) is 0 Å². The van der Waals surface area contributed by atoms with Crippen LogP contribution in [0.15, 0.2) is 29.4 Å². The van der Waals surface area contributed by atoms with E-state index in [4.69, 9.17) is 4.74 Å². The average Bonchev–Trinajstić information content (AvgIpc) is 3.13. The molecule has 2 aliphatic rings. The second-order valence-corrected chi connectivity index (χ2v) is 6.10. The summed E-state index contributed by atoms with van der Waals surface area (Å²) in [6.07, 6.45) is 3.74. The summed E-state index contributed by atoms with van der Waals surface area (Å²) in [5.74, 6) is -0.226. The molecule has 0 radical (unpaired) electrons. The van der Waals surface area contributed by atoms with Crippen molar-refractivity contribution < 1.29 is 13.9 Å². The molecule has 2 heterocycles. The summed E-state index contributed by atoms with van der Waals surface area (Å²) in [5.41, 5.74) is 4.54. The maximum absolute atomic E-state index is 13.0. The van der Waals surface area contributed by atoms with E-state index in [1.165, 1.54) is 12.1 Å². The third-order valence-corrected chi connectivity index (χ3v) is 4.36. The van der Waals surface area contributed by atoms with Crippen molar-refractivity contribution in [2.24, 2.45) is 5.10 Å². The van der Waals surface area contributed by atoms with Crippen molar-refractivity contribution in [3.8, 4) is 0 Å². The van der Waals surface area contributed by atoms with E-state index in [9.17, 15) is 9.18 Å². The maximum atomic E-state index is 13.0. The Morgan fingerprint density at radius 3 is 2.71 bits per heavy atom. The number of hydrazone groups is 1. The zero-order valence-corrected chi connectivity index (χ0v) is 13.6. The number of piperidine rings is 1. The van der Waals surface area contributed by atoms with Crippen molar-refractivity contribution in [3.05, 3.63) is 30.1 Å². The van der Waals surface area contributed by atoms with Crippen molar-refractivity contribution in [2.45, 2.75) is 31.8 Å². The van der Waals surface area contributed by atoms with E-state index in [0.717, 1.165) is 56.8 Å². The lowest BCUT2D eigenvalue weighted by atomic mass is 10.1. The highest BCUT2D eigenvalue weighted by atomic mass is 19.1. The molecule has 0 bridgehead atoms. The molecule has 3 rings (SSSR count). The molecule has 0 spiro atoms. The second kappa shape index (κ2) is 8.10. The summed E-state index contributed by atoms with van der Waals surface area (Å²) in [7, 11) is 0. The molecule has 2 N–H and O–H groups in total. The first-order valence-corrected chi connectivity index (χ1v) is 8.42. The molecule has 2 fully saturated rings. The number of hydrogen-bond acceptors (Lipinski definition) is 4. The summed E-state index contributed by atoms with van der Waals surface area (Å²) in [4.78, 5) is 13.9. The maximum Gasteiger partial charge on any atom is 0.335 e. The zero-order valence-electron chi connectivity index (χ0n) is 13.6. The smallest absolute Gasteiger partial charge is 0.335 e. The van der Waals surface area contributed by atoms with E-state index < -0.39 is 0 Å². The topological polar surface area (TPSA) is 66.0 Å². The standard InChI is InChI=1S/C17H23FN4O2/c18-13-3-5-15(6-4-13)22-9-7-14(8-10-22)20-21-17(23)19-12-16-2-1-11-24-16/h3-6,16H,1-2,7-12H2,(H2,19,21,23)/t16-/m0/s1. The molecule has 130 valence electrons. The zero-order chi connectivity index (χ0) is 16.8. The second-order valence-electron chi connectivity index (χ2n) is 6.10. The molecular weight excluding hydrogens is 311 g/mol. The number of anilines is 1. The van der Waals surface area contributed by atoms with Gasteiger partial charge in [0, 0.05) is 50.5 Å². The first-order chi connectivity index (χ1) is 11.7. The third-order valence-electron chi connectivity index (χ3n) is 4.36. The quantitative estimate of drug-likeness (QED) is 0.830. The largest absolute Gasteiger partial charge is 0.376 e. The molecule has 0 aromatic heterocycles. The minimum Gasteiger partial charge on any atom is -0.376 e. The predicted octanol–water partition coefficient (Wildman–Crippen LogP) is 2.26. The van der Waals surface area contributed by atoms with Crippen LogP contribution in [0.2, 0.25) is 0 Å². The Kier molecular flexibility index (Phi) is 5.63. The minimum atomic E-state index is -0.293. The van der Waals surface area contributed by atoms with Gasteiger partial charge in [-0.15, -0.1) is 0 Å². The molecule has 1 aromatic carbocycles. The van der Waals surface area contributed by atoms with Gasteiger partial charge in [-0.25, -0.2) is 14.6 Å². The predicted molar refractivity (Wildman–Crippen MR) is 90.8 cm³/mol. The van der Waals surface area contributed by atoms with Crippen molar-refractivity contribution in [2.75, 3.05) is 31.1 Å². The van der Waals surface area contributed by atoms with Crippen LogP contribution in [0.5, 0.6) is 0 Å². The molecule has 1 aromatic rings. The molecule has 24 heavy (non-hydrogen) atoms. The van der Waals surface area contributed by atoms with Gasteiger partial charge in [0.15, 0.2) is 0 Å². The summed E-state index contributed by atoms with van der Waals surface area (Å²) in [6.45, 7) is 2.92. The number of nitrogens with one attached hydrogen (secondary N) is 2. The van der Waals surface area contributed by atoms with Gasteiger partial charge >= 0.3 is 6.03 Å². The number of halogens is 1. The number of carbonyl (C=O) groups is 1. The Balaban J connectivity index is 1.39. The van der Waals surface area contributed by atoms with Crippen molar-refractivity contribution in [3.63, 3.8) is 0 Å². The van der Waals surface area contributed by atoms with Crippen molar-refractivity contribution >= 4 is 17.4 Å². The molecule has 6 nitrogen and oxygen atoms in total. The molecule has 2 saturated heterocycles. The number of benzene rings is 1. The number of carbonyl (C=O) groups excluding carboxylic acids is 1. The highest BCUT2D eigenvalue weighted by Crippen LogP contribution is 2.19. The van der Waals surface area contributed by atoms with E-state index in [2.05, 4.69) is 20.7 Å². The molecule has 1 atom stereocenters. The molecule has 2 amide bonds. The first-order valence-electron chi connectivity index (χ1n) is 8.42. The van der Waals surface area contributed by atoms with Gasteiger partial charge in [0.2, 0.25) is 0 Å². The number of hydrogen-bond donors (Lipinski definition) is 2. The highest BCUT2D eigenvalue weighted by molar-refractivity contribution is 5.88. The number of nitrogens with zero attached hydrogens (tertiary/aromatic N) is 2.